The lowest BCUT2D eigenvalue weighted by atomic mass is 9.95. The maximum Gasteiger partial charge on any atom is 0.416 e. The normalized spacial score (nSPS) is 14.5. The van der Waals surface area contributed by atoms with Crippen LogP contribution in [0.1, 0.15) is 41.9 Å². The van der Waals surface area contributed by atoms with Crippen molar-refractivity contribution in [2.45, 2.75) is 45.3 Å². The van der Waals surface area contributed by atoms with Gasteiger partial charge >= 0.3 is 6.18 Å². The van der Waals surface area contributed by atoms with Gasteiger partial charge in [0.05, 0.1) is 16.3 Å². The number of hydrogen-bond donors (Lipinski definition) is 0. The van der Waals surface area contributed by atoms with Gasteiger partial charge in [0.25, 0.3) is 0 Å². The van der Waals surface area contributed by atoms with Crippen molar-refractivity contribution in [1.29, 1.82) is 0 Å². The minimum absolute atomic E-state index is 0.364. The van der Waals surface area contributed by atoms with Crippen LogP contribution >= 0.6 is 11.3 Å². The molecule has 0 N–H and O–H groups in total. The van der Waals surface area contributed by atoms with Gasteiger partial charge in [-0.15, -0.1) is 11.3 Å². The molecule has 1 saturated heterocycles. The van der Waals surface area contributed by atoms with Crippen molar-refractivity contribution in [2.75, 3.05) is 18.0 Å². The fourth-order valence-corrected chi connectivity index (χ4v) is 6.73. The molecule has 0 spiro atoms. The van der Waals surface area contributed by atoms with Crippen LogP contribution in [0.15, 0.2) is 84.2 Å². The number of rotatable bonds is 6. The lowest BCUT2D eigenvalue weighted by Crippen LogP contribution is -2.33. The average molecular weight is 573 g/mol. The number of anilines is 1. The summed E-state index contributed by atoms with van der Waals surface area (Å²) >= 11 is 1.71. The van der Waals surface area contributed by atoms with E-state index in [1.807, 2.05) is 36.4 Å². The van der Waals surface area contributed by atoms with Crippen LogP contribution in [0, 0.1) is 6.92 Å². The van der Waals surface area contributed by atoms with E-state index in [1.165, 1.54) is 0 Å². The summed E-state index contributed by atoms with van der Waals surface area (Å²) in [5.74, 6) is 1.28. The maximum atomic E-state index is 13.1. The average Bonchev–Trinajstić information content (AvgIpc) is 3.62. The van der Waals surface area contributed by atoms with Crippen LogP contribution < -0.4 is 4.90 Å². The largest absolute Gasteiger partial charge is 0.416 e. The number of alkyl halides is 3. The van der Waals surface area contributed by atoms with E-state index in [-0.39, 0.29) is 0 Å². The fourth-order valence-electron chi connectivity index (χ4n) is 5.76. The highest BCUT2D eigenvalue weighted by molar-refractivity contribution is 7.10. The third-order valence-electron chi connectivity index (χ3n) is 7.95. The number of para-hydroxylation sites is 1. The zero-order valence-corrected chi connectivity index (χ0v) is 23.8. The van der Waals surface area contributed by atoms with Gasteiger partial charge in [-0.25, -0.2) is 9.97 Å². The van der Waals surface area contributed by atoms with E-state index in [0.29, 0.717) is 5.92 Å². The number of nitrogens with zero attached hydrogens (tertiary/aromatic N) is 4. The molecule has 0 amide bonds. The molecule has 2 aromatic heterocycles. The number of benzene rings is 3. The van der Waals surface area contributed by atoms with E-state index < -0.39 is 11.7 Å². The van der Waals surface area contributed by atoms with Crippen molar-refractivity contribution in [1.82, 2.24) is 14.5 Å². The zero-order chi connectivity index (χ0) is 28.6. The number of thiazole rings is 1. The number of imidazole rings is 1. The van der Waals surface area contributed by atoms with E-state index in [0.717, 1.165) is 94.9 Å². The number of hydrogen-bond acceptors (Lipinski definition) is 4. The summed E-state index contributed by atoms with van der Waals surface area (Å²) in [6.45, 7) is 6.80. The smallest absolute Gasteiger partial charge is 0.371 e. The maximum absolute atomic E-state index is 13.1. The van der Waals surface area contributed by atoms with Crippen molar-refractivity contribution >= 4 is 17.0 Å². The molecule has 3 heterocycles. The molecule has 8 heteroatoms. The standard InChI is InChI=1S/C33H31F3N4S/c1-3-40-22(2)30(24-9-5-4-6-10-24)38-31(40)28-21-41-32(37-28)25-17-19-39(20-18-25)29-12-8-7-11-27(29)23-13-15-26(16-14-23)33(34,35)36/h4-16,21,25H,3,17-20H2,1-2H3. The first-order valence-corrected chi connectivity index (χ1v) is 14.8. The van der Waals surface area contributed by atoms with Crippen LogP contribution in [-0.2, 0) is 12.7 Å². The molecule has 0 atom stereocenters. The highest BCUT2D eigenvalue weighted by Crippen LogP contribution is 2.39. The predicted molar refractivity (Wildman–Crippen MR) is 160 cm³/mol. The van der Waals surface area contributed by atoms with E-state index >= 15 is 0 Å². The van der Waals surface area contributed by atoms with Gasteiger partial charge < -0.3 is 9.47 Å². The summed E-state index contributed by atoms with van der Waals surface area (Å²) in [6.07, 6.45) is -2.41. The van der Waals surface area contributed by atoms with Crippen molar-refractivity contribution in [3.63, 3.8) is 0 Å². The predicted octanol–water partition coefficient (Wildman–Crippen LogP) is 9.07. The lowest BCUT2D eigenvalue weighted by molar-refractivity contribution is -0.137. The van der Waals surface area contributed by atoms with E-state index in [1.54, 1.807) is 23.5 Å². The van der Waals surface area contributed by atoms with E-state index in [9.17, 15) is 13.2 Å². The number of halogens is 3. The molecule has 1 aliphatic rings. The Kier molecular flexibility index (Phi) is 7.43. The summed E-state index contributed by atoms with van der Waals surface area (Å²) in [7, 11) is 0. The Hall–Kier alpha value is -3.91. The molecule has 1 aliphatic heterocycles. The molecule has 5 aromatic rings. The van der Waals surface area contributed by atoms with Crippen LogP contribution in [0.2, 0.25) is 0 Å². The molecule has 0 aliphatic carbocycles. The fraction of sp³-hybridized carbons (Fsp3) is 0.273. The number of aromatic nitrogens is 3. The van der Waals surface area contributed by atoms with Gasteiger partial charge in [-0.2, -0.15) is 13.2 Å². The van der Waals surface area contributed by atoms with Crippen molar-refractivity contribution in [2.24, 2.45) is 0 Å². The monoisotopic (exact) mass is 572 g/mol. The first kappa shape index (κ1) is 27.3. The molecule has 3 aromatic carbocycles. The zero-order valence-electron chi connectivity index (χ0n) is 23.0. The van der Waals surface area contributed by atoms with Gasteiger partial charge in [0.1, 0.15) is 5.69 Å². The van der Waals surface area contributed by atoms with Gasteiger partial charge in [-0.1, -0.05) is 60.7 Å². The number of piperidine rings is 1. The molecule has 0 bridgehead atoms. The molecule has 6 rings (SSSR count). The molecule has 0 radical (unpaired) electrons. The van der Waals surface area contributed by atoms with Crippen LogP contribution in [-0.4, -0.2) is 27.6 Å². The summed E-state index contributed by atoms with van der Waals surface area (Å²) in [5.41, 5.74) is 6.34. The summed E-state index contributed by atoms with van der Waals surface area (Å²) in [6, 6.07) is 23.7. The second-order valence-corrected chi connectivity index (χ2v) is 11.3. The Morgan fingerprint density at radius 3 is 2.22 bits per heavy atom. The Balaban J connectivity index is 1.19. The van der Waals surface area contributed by atoms with E-state index in [2.05, 4.69) is 46.9 Å². The molecule has 0 saturated carbocycles. The second-order valence-electron chi connectivity index (χ2n) is 10.4. The van der Waals surface area contributed by atoms with Gasteiger partial charge in [0, 0.05) is 53.4 Å². The molecular formula is C33H31F3N4S. The van der Waals surface area contributed by atoms with Crippen LogP contribution in [0.4, 0.5) is 18.9 Å². The minimum atomic E-state index is -4.34. The Morgan fingerprint density at radius 2 is 1.54 bits per heavy atom. The van der Waals surface area contributed by atoms with Crippen molar-refractivity contribution in [3.8, 4) is 33.9 Å². The minimum Gasteiger partial charge on any atom is -0.371 e. The summed E-state index contributed by atoms with van der Waals surface area (Å²) in [5, 5.41) is 3.27. The van der Waals surface area contributed by atoms with Gasteiger partial charge in [-0.3, -0.25) is 0 Å². The molecule has 210 valence electrons. The molecular weight excluding hydrogens is 541 g/mol. The first-order chi connectivity index (χ1) is 19.8. The Labute approximate surface area is 242 Å². The Morgan fingerprint density at radius 1 is 0.854 bits per heavy atom. The first-order valence-electron chi connectivity index (χ1n) is 13.9. The van der Waals surface area contributed by atoms with Crippen molar-refractivity contribution < 1.29 is 13.2 Å². The Bertz CT molecular complexity index is 1630. The van der Waals surface area contributed by atoms with E-state index in [4.69, 9.17) is 9.97 Å². The van der Waals surface area contributed by atoms with Gasteiger partial charge in [0.15, 0.2) is 5.82 Å². The molecule has 41 heavy (non-hydrogen) atoms. The van der Waals surface area contributed by atoms with Crippen LogP contribution in [0.25, 0.3) is 33.9 Å². The third kappa shape index (κ3) is 5.40. The van der Waals surface area contributed by atoms with Gasteiger partial charge in [-0.05, 0) is 50.5 Å². The molecule has 1 fully saturated rings. The third-order valence-corrected chi connectivity index (χ3v) is 8.95. The highest BCUT2D eigenvalue weighted by Gasteiger charge is 2.30. The quantitative estimate of drug-likeness (QED) is 0.204. The summed E-state index contributed by atoms with van der Waals surface area (Å²) in [4.78, 5) is 12.4. The molecule has 4 nitrogen and oxygen atoms in total. The van der Waals surface area contributed by atoms with Crippen molar-refractivity contribution in [3.05, 3.63) is 101 Å². The van der Waals surface area contributed by atoms with Crippen LogP contribution in [0.3, 0.4) is 0 Å². The SMILES string of the molecule is CCn1c(-c2csc(C3CCN(c4ccccc4-c4ccc(C(F)(F)F)cc4)CC3)n2)nc(-c2ccccc2)c1C. The summed E-state index contributed by atoms with van der Waals surface area (Å²) < 4.78 is 41.5. The van der Waals surface area contributed by atoms with Crippen LogP contribution in [0.5, 0.6) is 0 Å². The second kappa shape index (κ2) is 11.2. The molecule has 0 unspecified atom stereocenters. The highest BCUT2D eigenvalue weighted by atomic mass is 32.1. The van der Waals surface area contributed by atoms with Gasteiger partial charge in [0.2, 0.25) is 0 Å². The lowest BCUT2D eigenvalue weighted by Gasteiger charge is -2.34. The topological polar surface area (TPSA) is 34.0 Å².